The van der Waals surface area contributed by atoms with Gasteiger partial charge < -0.3 is 39.9 Å². The number of imidazole rings is 2. The Morgan fingerprint density at radius 3 is 1.77 bits per heavy atom. The van der Waals surface area contributed by atoms with Gasteiger partial charge in [0.1, 0.15) is 23.7 Å². The molecule has 4 aromatic carbocycles. The van der Waals surface area contributed by atoms with Crippen LogP contribution in [0.2, 0.25) is 0 Å². The Balaban J connectivity index is 0.799. The molecule has 64 heavy (non-hydrogen) atoms. The maximum atomic E-state index is 14.3. The van der Waals surface area contributed by atoms with Crippen LogP contribution in [0.5, 0.6) is 0 Å². The lowest BCUT2D eigenvalue weighted by molar-refractivity contribution is -0.136. The maximum Gasteiger partial charge on any atom is 0.407 e. The molecule has 6 aromatic rings. The van der Waals surface area contributed by atoms with Crippen molar-refractivity contribution in [1.29, 1.82) is 0 Å². The van der Waals surface area contributed by atoms with Crippen LogP contribution in [0.25, 0.3) is 33.6 Å². The Labute approximate surface area is 369 Å². The summed E-state index contributed by atoms with van der Waals surface area (Å²) in [5.74, 6) is 2.02. The van der Waals surface area contributed by atoms with Gasteiger partial charge >= 0.3 is 12.2 Å². The molecule has 0 spiro atoms. The molecule has 2 aliphatic heterocycles. The van der Waals surface area contributed by atoms with Gasteiger partial charge in [0, 0.05) is 23.3 Å². The lowest BCUT2D eigenvalue weighted by Gasteiger charge is -2.30. The van der Waals surface area contributed by atoms with E-state index in [4.69, 9.17) is 19.4 Å². The number of hydrogen-bond donors (Lipinski definition) is 4. The van der Waals surface area contributed by atoms with Crippen molar-refractivity contribution in [3.05, 3.63) is 143 Å². The van der Waals surface area contributed by atoms with Crippen molar-refractivity contribution in [2.45, 2.75) is 74.8 Å². The molecule has 14 heteroatoms. The molecule has 2 saturated carbocycles. The van der Waals surface area contributed by atoms with Gasteiger partial charge in [0.2, 0.25) is 0 Å². The summed E-state index contributed by atoms with van der Waals surface area (Å²) in [5, 5.41) is 5.54. The Bertz CT molecular complexity index is 2770. The van der Waals surface area contributed by atoms with Crippen LogP contribution < -0.4 is 10.6 Å². The number of aromatic amines is 2. The normalized spacial score (nSPS) is 23.2. The Hall–Kier alpha value is -7.22. The topological polar surface area (TPSA) is 175 Å². The molecule has 2 aromatic heterocycles. The molecule has 14 nitrogen and oxygen atoms in total. The summed E-state index contributed by atoms with van der Waals surface area (Å²) in [7, 11) is 2.60. The van der Waals surface area contributed by atoms with Crippen LogP contribution in [0.3, 0.4) is 0 Å². The second kappa shape index (κ2) is 15.8. The molecule has 8 atom stereocenters. The summed E-state index contributed by atoms with van der Waals surface area (Å²) < 4.78 is 9.78. The second-order valence-corrected chi connectivity index (χ2v) is 17.7. The summed E-state index contributed by atoms with van der Waals surface area (Å²) in [6, 6.07) is 31.6. The molecule has 4 N–H and O–H groups in total. The van der Waals surface area contributed by atoms with E-state index in [0.717, 1.165) is 89.5 Å². The molecule has 11 rings (SSSR count). The van der Waals surface area contributed by atoms with Gasteiger partial charge in [-0.1, -0.05) is 103 Å². The number of hydrogen-bond acceptors (Lipinski definition) is 8. The standard InChI is InChI=1S/C50H48N8O6/c1-63-49(61)55-42(29-9-5-3-6-10-29)47(59)57-38-22-33(38)24-40(57)45-51-26-37(53-45)28-15-13-27(14-16-28)31-17-19-35-32(21-31)18-20-36-44(35)54-46(52-36)41-25-34-23-39(34)58(41)48(60)43(56-50(62)64-2)30-11-7-4-8-12-30/h3-17,19,21,26,33-34,38-43H,18,20,22-25H2,1-2H3,(H,51,53)(H,52,54)(H,55,61)(H,56,62)/t33-,34-,38-,39-,40+,41+,42-,43-/m1/s1. The fraction of sp³-hybridized carbons (Fsp3) is 0.320. The quantitative estimate of drug-likeness (QED) is 0.108. The lowest BCUT2D eigenvalue weighted by atomic mass is 9.89. The van der Waals surface area contributed by atoms with Crippen molar-refractivity contribution < 1.29 is 28.7 Å². The highest BCUT2D eigenvalue weighted by Gasteiger charge is 2.57. The number of ether oxygens (including phenoxy) is 2. The van der Waals surface area contributed by atoms with Gasteiger partial charge in [-0.25, -0.2) is 19.6 Å². The van der Waals surface area contributed by atoms with Crippen molar-refractivity contribution in [3.8, 4) is 33.6 Å². The van der Waals surface area contributed by atoms with Crippen molar-refractivity contribution in [2.75, 3.05) is 14.2 Å². The van der Waals surface area contributed by atoms with Gasteiger partial charge in [0.05, 0.1) is 43.9 Å². The third-order valence-corrected chi connectivity index (χ3v) is 13.9. The van der Waals surface area contributed by atoms with Crippen molar-refractivity contribution >= 4 is 24.0 Å². The molecule has 0 bridgehead atoms. The molecule has 324 valence electrons. The van der Waals surface area contributed by atoms with Gasteiger partial charge in [-0.3, -0.25) is 9.59 Å². The van der Waals surface area contributed by atoms with E-state index in [2.05, 4.69) is 63.1 Å². The number of alkyl carbamates (subject to hydrolysis) is 2. The SMILES string of the molecule is COC(=O)N[C@@H](C(=O)N1[C@@H]2C[C@@H]2C[C@H]1c1ncc(-c2ccc(-c3ccc4c(c3)CCc3[nH]c([C@@H]5C[C@H]6C[C@H]6N5C(=O)[C@H](NC(=O)OC)c5ccccc5)nc3-4)cc2)[nH]1)c1ccccc1. The van der Waals surface area contributed by atoms with E-state index in [-0.39, 0.29) is 36.0 Å². The van der Waals surface area contributed by atoms with Gasteiger partial charge in [-0.15, -0.1) is 0 Å². The molecule has 0 unspecified atom stereocenters. The Morgan fingerprint density at radius 1 is 0.641 bits per heavy atom. The zero-order valence-electron chi connectivity index (χ0n) is 35.5. The number of nitrogens with zero attached hydrogens (tertiary/aromatic N) is 4. The fourth-order valence-corrected chi connectivity index (χ4v) is 10.5. The average Bonchev–Trinajstić information content (AvgIpc) is 3.95. The highest BCUT2D eigenvalue weighted by molar-refractivity contribution is 5.89. The number of fused-ring (bicyclic) bond motifs is 5. The number of rotatable bonds is 10. The van der Waals surface area contributed by atoms with Crippen LogP contribution in [-0.4, -0.2) is 80.0 Å². The fourth-order valence-electron chi connectivity index (χ4n) is 10.5. The smallest absolute Gasteiger partial charge is 0.407 e. The summed E-state index contributed by atoms with van der Waals surface area (Å²) in [4.78, 5) is 74.3. The first-order chi connectivity index (χ1) is 31.3. The third kappa shape index (κ3) is 7.06. The van der Waals surface area contributed by atoms with E-state index < -0.39 is 24.3 Å². The minimum absolute atomic E-state index is 0.115. The minimum atomic E-state index is -0.872. The summed E-state index contributed by atoms with van der Waals surface area (Å²) in [6.45, 7) is 0. The number of aryl methyl sites for hydroxylation is 2. The number of aromatic nitrogens is 4. The van der Waals surface area contributed by atoms with E-state index in [1.807, 2.05) is 76.7 Å². The number of piperidine rings is 2. The predicted octanol–water partition coefficient (Wildman–Crippen LogP) is 7.75. The molecule has 0 radical (unpaired) electrons. The van der Waals surface area contributed by atoms with Crippen LogP contribution >= 0.6 is 0 Å². The Kier molecular flexibility index (Phi) is 9.81. The van der Waals surface area contributed by atoms with Gasteiger partial charge in [0.25, 0.3) is 11.8 Å². The molecular weight excluding hydrogens is 809 g/mol. The number of likely N-dealkylation sites (tertiary alicyclic amines) is 2. The van der Waals surface area contributed by atoms with E-state index in [1.54, 1.807) is 0 Å². The lowest BCUT2D eigenvalue weighted by Crippen LogP contribution is -2.44. The van der Waals surface area contributed by atoms with Crippen molar-refractivity contribution in [1.82, 2.24) is 40.4 Å². The second-order valence-electron chi connectivity index (χ2n) is 17.7. The molecule has 5 aliphatic rings. The van der Waals surface area contributed by atoms with Gasteiger partial charge in [-0.05, 0) is 83.7 Å². The first-order valence-electron chi connectivity index (χ1n) is 22.1. The number of carbonyl (C=O) groups is 4. The van der Waals surface area contributed by atoms with Crippen LogP contribution in [0.1, 0.15) is 83.9 Å². The monoisotopic (exact) mass is 856 g/mol. The number of carbonyl (C=O) groups excluding carboxylic acids is 4. The summed E-state index contributed by atoms with van der Waals surface area (Å²) in [6.07, 6.45) is 5.73. The molecule has 4 amide bonds. The first kappa shape index (κ1) is 39.6. The predicted molar refractivity (Wildman–Crippen MR) is 236 cm³/mol. The molecule has 2 saturated heterocycles. The average molecular weight is 857 g/mol. The zero-order chi connectivity index (χ0) is 43.6. The van der Waals surface area contributed by atoms with Crippen LogP contribution in [0, 0.1) is 11.8 Å². The summed E-state index contributed by atoms with van der Waals surface area (Å²) >= 11 is 0. The number of benzene rings is 4. The third-order valence-electron chi connectivity index (χ3n) is 13.9. The summed E-state index contributed by atoms with van der Waals surface area (Å²) in [5.41, 5.74) is 9.79. The number of nitrogens with one attached hydrogen (secondary N) is 4. The zero-order valence-corrected chi connectivity index (χ0v) is 35.5. The highest BCUT2D eigenvalue weighted by atomic mass is 16.5. The van der Waals surface area contributed by atoms with Crippen molar-refractivity contribution in [2.24, 2.45) is 11.8 Å². The molecule has 3 aliphatic carbocycles. The van der Waals surface area contributed by atoms with E-state index in [0.29, 0.717) is 23.0 Å². The van der Waals surface area contributed by atoms with E-state index >= 15 is 0 Å². The van der Waals surface area contributed by atoms with Crippen LogP contribution in [0.15, 0.2) is 109 Å². The van der Waals surface area contributed by atoms with Gasteiger partial charge in [0.15, 0.2) is 0 Å². The molecule has 4 fully saturated rings. The largest absolute Gasteiger partial charge is 0.453 e. The molecular formula is C50H48N8O6. The highest BCUT2D eigenvalue weighted by Crippen LogP contribution is 2.55. The number of amides is 4. The van der Waals surface area contributed by atoms with E-state index in [9.17, 15) is 19.2 Å². The first-order valence-corrected chi connectivity index (χ1v) is 22.1. The van der Waals surface area contributed by atoms with Crippen molar-refractivity contribution in [3.63, 3.8) is 0 Å². The maximum absolute atomic E-state index is 14.3. The van der Waals surface area contributed by atoms with E-state index in [1.165, 1.54) is 19.8 Å². The van der Waals surface area contributed by atoms with Crippen LogP contribution in [-0.2, 0) is 31.9 Å². The van der Waals surface area contributed by atoms with Gasteiger partial charge in [-0.2, -0.15) is 0 Å². The molecule has 4 heterocycles. The Morgan fingerprint density at radius 2 is 1.19 bits per heavy atom. The van der Waals surface area contributed by atoms with Crippen LogP contribution in [0.4, 0.5) is 9.59 Å². The number of methoxy groups -OCH3 is 2. The minimum Gasteiger partial charge on any atom is -0.453 e. The number of H-pyrrole nitrogens is 2.